The van der Waals surface area contributed by atoms with Crippen LogP contribution in [0.5, 0.6) is 11.5 Å². The lowest BCUT2D eigenvalue weighted by Crippen LogP contribution is -2.19. The second-order valence-electron chi connectivity index (χ2n) is 5.54. The van der Waals surface area contributed by atoms with Crippen molar-refractivity contribution < 1.29 is 14.6 Å². The third-order valence-electron chi connectivity index (χ3n) is 3.70. The summed E-state index contributed by atoms with van der Waals surface area (Å²) in [6.07, 6.45) is 3.95. The van der Waals surface area contributed by atoms with Crippen LogP contribution in [0.25, 0.3) is 6.08 Å². The van der Waals surface area contributed by atoms with Gasteiger partial charge < -0.3 is 15.2 Å². The number of rotatable bonds is 5. The lowest BCUT2D eigenvalue weighted by molar-refractivity contribution is -0.115. The van der Waals surface area contributed by atoms with Crippen LogP contribution in [0.1, 0.15) is 11.1 Å². The van der Waals surface area contributed by atoms with Crippen LogP contribution in [-0.4, -0.2) is 23.3 Å². The molecule has 26 heavy (non-hydrogen) atoms. The van der Waals surface area contributed by atoms with Gasteiger partial charge in [-0.1, -0.05) is 24.3 Å². The van der Waals surface area contributed by atoms with Gasteiger partial charge in [-0.3, -0.25) is 4.79 Å². The third-order valence-corrected chi connectivity index (χ3v) is 4.61. The standard InChI is InChI=1S/C20H18N2O3S/c1-3-7-14-10-13(11-16(25-2)18(14)23)12-17-19(24)22-20(26-17)21-15-8-5-4-6-9-15/h3-6,8-12,23H,1,7H2,2H3,(H,21,22,24)/b17-12-. The molecule has 6 heteroatoms. The number of hydrogen-bond acceptors (Lipinski definition) is 5. The van der Waals surface area contributed by atoms with Crippen molar-refractivity contribution in [2.45, 2.75) is 6.42 Å². The van der Waals surface area contributed by atoms with Crippen LogP contribution in [0.4, 0.5) is 5.69 Å². The molecule has 0 aliphatic carbocycles. The summed E-state index contributed by atoms with van der Waals surface area (Å²) in [6.45, 7) is 3.70. The van der Waals surface area contributed by atoms with Crippen LogP contribution in [0.15, 0.2) is 65.0 Å². The fourth-order valence-electron chi connectivity index (χ4n) is 2.49. The maximum absolute atomic E-state index is 12.2. The summed E-state index contributed by atoms with van der Waals surface area (Å²) in [5.74, 6) is 0.240. The Labute approximate surface area is 156 Å². The first kappa shape index (κ1) is 17.8. The number of thioether (sulfide) groups is 1. The highest BCUT2D eigenvalue weighted by atomic mass is 32.2. The van der Waals surface area contributed by atoms with Gasteiger partial charge in [0, 0.05) is 5.56 Å². The molecule has 0 aromatic heterocycles. The van der Waals surface area contributed by atoms with Crippen LogP contribution in [0.3, 0.4) is 0 Å². The van der Waals surface area contributed by atoms with E-state index in [4.69, 9.17) is 4.74 Å². The number of hydrogen-bond donors (Lipinski definition) is 2. The van der Waals surface area contributed by atoms with Crippen LogP contribution in [-0.2, 0) is 11.2 Å². The molecule has 1 fully saturated rings. The molecule has 0 bridgehead atoms. The predicted molar refractivity (Wildman–Crippen MR) is 106 cm³/mol. The van der Waals surface area contributed by atoms with Gasteiger partial charge in [-0.25, -0.2) is 4.99 Å². The van der Waals surface area contributed by atoms with E-state index in [1.807, 2.05) is 36.4 Å². The average Bonchev–Trinajstić information content (AvgIpc) is 2.97. The van der Waals surface area contributed by atoms with Gasteiger partial charge in [0.25, 0.3) is 5.91 Å². The number of phenolic OH excluding ortho intramolecular Hbond substituents is 1. The van der Waals surface area contributed by atoms with E-state index < -0.39 is 0 Å². The summed E-state index contributed by atoms with van der Waals surface area (Å²) in [5, 5.41) is 13.5. The number of para-hydroxylation sites is 1. The van der Waals surface area contributed by atoms with Crippen molar-refractivity contribution in [3.05, 3.63) is 71.2 Å². The van der Waals surface area contributed by atoms with Crippen LogP contribution < -0.4 is 10.1 Å². The second-order valence-corrected chi connectivity index (χ2v) is 6.57. The van der Waals surface area contributed by atoms with Crippen molar-refractivity contribution in [1.29, 1.82) is 0 Å². The highest BCUT2D eigenvalue weighted by Gasteiger charge is 2.24. The monoisotopic (exact) mass is 366 g/mol. The zero-order chi connectivity index (χ0) is 18.5. The Kier molecular flexibility index (Phi) is 5.43. The molecule has 132 valence electrons. The van der Waals surface area contributed by atoms with Gasteiger partial charge in [-0.05, 0) is 54.1 Å². The molecular formula is C20H18N2O3S. The zero-order valence-corrected chi connectivity index (χ0v) is 15.0. The van der Waals surface area contributed by atoms with Crippen molar-refractivity contribution in [3.8, 4) is 11.5 Å². The van der Waals surface area contributed by atoms with Gasteiger partial charge in [0.05, 0.1) is 17.7 Å². The molecule has 3 rings (SSSR count). The number of aromatic hydroxyl groups is 1. The molecular weight excluding hydrogens is 348 g/mol. The molecule has 1 aliphatic rings. The average molecular weight is 366 g/mol. The predicted octanol–water partition coefficient (Wildman–Crippen LogP) is 4.02. The number of ether oxygens (including phenoxy) is 1. The van der Waals surface area contributed by atoms with Crippen LogP contribution in [0, 0.1) is 0 Å². The van der Waals surface area contributed by atoms with E-state index in [1.54, 1.807) is 18.2 Å². The summed E-state index contributed by atoms with van der Waals surface area (Å²) in [7, 11) is 1.49. The first-order valence-electron chi connectivity index (χ1n) is 7.96. The number of carbonyl (C=O) groups is 1. The van der Waals surface area contributed by atoms with E-state index >= 15 is 0 Å². The normalized spacial score (nSPS) is 16.7. The molecule has 1 amide bonds. The summed E-state index contributed by atoms with van der Waals surface area (Å²) in [5.41, 5.74) is 2.22. The molecule has 0 unspecified atom stereocenters. The van der Waals surface area contributed by atoms with Crippen LogP contribution in [0.2, 0.25) is 0 Å². The van der Waals surface area contributed by atoms with Gasteiger partial charge in [-0.15, -0.1) is 6.58 Å². The Balaban J connectivity index is 1.90. The quantitative estimate of drug-likeness (QED) is 0.619. The highest BCUT2D eigenvalue weighted by Crippen LogP contribution is 2.34. The van der Waals surface area contributed by atoms with E-state index in [1.165, 1.54) is 18.9 Å². The molecule has 2 aromatic rings. The molecule has 0 spiro atoms. The van der Waals surface area contributed by atoms with Gasteiger partial charge in [-0.2, -0.15) is 0 Å². The first-order valence-corrected chi connectivity index (χ1v) is 8.77. The topological polar surface area (TPSA) is 70.9 Å². The Bertz CT molecular complexity index is 905. The molecule has 2 aromatic carbocycles. The number of phenols is 1. The van der Waals surface area contributed by atoms with Gasteiger partial charge in [0.15, 0.2) is 16.7 Å². The highest BCUT2D eigenvalue weighted by molar-refractivity contribution is 8.18. The zero-order valence-electron chi connectivity index (χ0n) is 14.2. The fourth-order valence-corrected chi connectivity index (χ4v) is 3.33. The van der Waals surface area contributed by atoms with E-state index in [0.29, 0.717) is 27.8 Å². The Morgan fingerprint density at radius 3 is 2.77 bits per heavy atom. The largest absolute Gasteiger partial charge is 0.504 e. The van der Waals surface area contributed by atoms with Crippen molar-refractivity contribution in [2.75, 3.05) is 7.11 Å². The van der Waals surface area contributed by atoms with Crippen molar-refractivity contribution >= 4 is 34.6 Å². The van der Waals surface area contributed by atoms with E-state index in [2.05, 4.69) is 16.9 Å². The second kappa shape index (κ2) is 7.93. The summed E-state index contributed by atoms with van der Waals surface area (Å²) >= 11 is 1.27. The Morgan fingerprint density at radius 2 is 2.08 bits per heavy atom. The Morgan fingerprint density at radius 1 is 1.31 bits per heavy atom. The summed E-state index contributed by atoms with van der Waals surface area (Å²) in [4.78, 5) is 17.2. The number of amides is 1. The fraction of sp³-hybridized carbons (Fsp3) is 0.100. The lowest BCUT2D eigenvalue weighted by atomic mass is 10.1. The minimum absolute atomic E-state index is 0.0874. The van der Waals surface area contributed by atoms with Gasteiger partial charge in [0.2, 0.25) is 0 Å². The number of carbonyl (C=O) groups excluding carboxylic acids is 1. The van der Waals surface area contributed by atoms with Crippen molar-refractivity contribution in [2.24, 2.45) is 4.99 Å². The number of amidine groups is 1. The first-order chi connectivity index (χ1) is 12.6. The molecule has 0 radical (unpaired) electrons. The lowest BCUT2D eigenvalue weighted by Gasteiger charge is -2.09. The maximum atomic E-state index is 12.2. The molecule has 5 nitrogen and oxygen atoms in total. The number of nitrogens with one attached hydrogen (secondary N) is 1. The summed E-state index contributed by atoms with van der Waals surface area (Å²) in [6, 6.07) is 12.9. The van der Waals surface area contributed by atoms with Crippen LogP contribution >= 0.6 is 11.8 Å². The van der Waals surface area contributed by atoms with Crippen molar-refractivity contribution in [1.82, 2.24) is 5.32 Å². The van der Waals surface area contributed by atoms with Gasteiger partial charge in [0.1, 0.15) is 0 Å². The van der Waals surface area contributed by atoms with Crippen molar-refractivity contribution in [3.63, 3.8) is 0 Å². The SMILES string of the molecule is C=CCc1cc(/C=C2\SC(=Nc3ccccc3)NC2=O)cc(OC)c1O. The van der Waals surface area contributed by atoms with E-state index in [9.17, 15) is 9.90 Å². The third kappa shape index (κ3) is 3.97. The molecule has 0 atom stereocenters. The number of benzene rings is 2. The van der Waals surface area contributed by atoms with E-state index in [-0.39, 0.29) is 11.7 Å². The minimum Gasteiger partial charge on any atom is -0.504 e. The number of nitrogens with zero attached hydrogens (tertiary/aromatic N) is 1. The molecule has 1 saturated heterocycles. The maximum Gasteiger partial charge on any atom is 0.264 e. The number of aliphatic imine (C=N–C) groups is 1. The number of allylic oxidation sites excluding steroid dienone is 1. The molecule has 2 N–H and O–H groups in total. The molecule has 1 heterocycles. The van der Waals surface area contributed by atoms with Gasteiger partial charge >= 0.3 is 0 Å². The number of methoxy groups -OCH3 is 1. The molecule has 1 aliphatic heterocycles. The Hall–Kier alpha value is -2.99. The van der Waals surface area contributed by atoms with E-state index in [0.717, 1.165) is 11.3 Å². The molecule has 0 saturated carbocycles. The minimum atomic E-state index is -0.206. The smallest absolute Gasteiger partial charge is 0.264 e. The summed E-state index contributed by atoms with van der Waals surface area (Å²) < 4.78 is 5.22.